The molecule has 28 heavy (non-hydrogen) atoms. The summed E-state index contributed by atoms with van der Waals surface area (Å²) >= 11 is 0. The smallest absolute Gasteiger partial charge is 0.266 e. The zero-order valence-corrected chi connectivity index (χ0v) is 16.2. The summed E-state index contributed by atoms with van der Waals surface area (Å²) in [5, 5.41) is 12.2. The van der Waals surface area contributed by atoms with Gasteiger partial charge < -0.3 is 14.8 Å². The molecule has 144 valence electrons. The molecule has 1 N–H and O–H groups in total. The van der Waals surface area contributed by atoms with E-state index in [1.54, 1.807) is 31.4 Å². The Morgan fingerprint density at radius 2 is 2.04 bits per heavy atom. The summed E-state index contributed by atoms with van der Waals surface area (Å²) < 4.78 is 11.3. The number of ether oxygens (including phenoxy) is 2. The zero-order chi connectivity index (χ0) is 20.4. The van der Waals surface area contributed by atoms with E-state index < -0.39 is 5.91 Å². The second-order valence-electron chi connectivity index (χ2n) is 6.04. The molecule has 2 rings (SSSR count). The number of rotatable bonds is 9. The highest BCUT2D eigenvalue weighted by Gasteiger charge is 2.14. The summed E-state index contributed by atoms with van der Waals surface area (Å²) in [4.78, 5) is 12.4. The number of nitriles is 1. The molecule has 2 aromatic rings. The van der Waals surface area contributed by atoms with E-state index in [1.807, 2.05) is 37.3 Å². The molecule has 5 heteroatoms. The molecule has 0 bridgehead atoms. The van der Waals surface area contributed by atoms with Crippen molar-refractivity contribution in [2.45, 2.75) is 19.8 Å². The predicted octanol–water partition coefficient (Wildman–Crippen LogP) is 4.76. The third-order valence-corrected chi connectivity index (χ3v) is 3.90. The molecule has 5 nitrogen and oxygen atoms in total. The molecular weight excluding hydrogens is 352 g/mol. The lowest BCUT2D eigenvalue weighted by molar-refractivity contribution is -0.112. The molecule has 0 saturated heterocycles. The van der Waals surface area contributed by atoms with Gasteiger partial charge in [0.2, 0.25) is 0 Å². The van der Waals surface area contributed by atoms with Crippen LogP contribution >= 0.6 is 0 Å². The van der Waals surface area contributed by atoms with Crippen molar-refractivity contribution >= 4 is 17.7 Å². The number of hydrogen-bond donors (Lipinski definition) is 1. The normalized spacial score (nSPS) is 10.7. The van der Waals surface area contributed by atoms with Crippen molar-refractivity contribution in [3.05, 3.63) is 71.8 Å². The first kappa shape index (κ1) is 20.8. The molecule has 2 aromatic carbocycles. The van der Waals surface area contributed by atoms with Crippen LogP contribution < -0.4 is 14.8 Å². The fourth-order valence-corrected chi connectivity index (χ4v) is 2.63. The molecular formula is C23H24N2O3. The maximum Gasteiger partial charge on any atom is 0.266 e. The highest BCUT2D eigenvalue weighted by molar-refractivity contribution is 6.09. The van der Waals surface area contributed by atoms with Gasteiger partial charge in [0.25, 0.3) is 5.91 Å². The maximum atomic E-state index is 12.4. The first-order valence-electron chi connectivity index (χ1n) is 9.05. The number of carbonyl (C=O) groups excluding carboxylic acids is 1. The van der Waals surface area contributed by atoms with Crippen LogP contribution in [0.1, 0.15) is 24.5 Å². The second kappa shape index (κ2) is 10.6. The molecule has 0 radical (unpaired) electrons. The van der Waals surface area contributed by atoms with E-state index in [0.29, 0.717) is 35.8 Å². The van der Waals surface area contributed by atoms with E-state index >= 15 is 0 Å². The van der Waals surface area contributed by atoms with Crippen molar-refractivity contribution in [2.75, 3.05) is 19.0 Å². The fraction of sp³-hybridized carbons (Fsp3) is 0.217. The van der Waals surface area contributed by atoms with Crippen LogP contribution in [0.3, 0.4) is 0 Å². The van der Waals surface area contributed by atoms with Crippen LogP contribution in [-0.4, -0.2) is 19.6 Å². The fourth-order valence-electron chi connectivity index (χ4n) is 2.63. The summed E-state index contributed by atoms with van der Waals surface area (Å²) in [6.07, 6.45) is 4.76. The average molecular weight is 376 g/mol. The summed E-state index contributed by atoms with van der Waals surface area (Å²) in [6, 6.07) is 14.6. The number of benzene rings is 2. The molecule has 0 fully saturated rings. The molecule has 0 aliphatic heterocycles. The molecule has 1 amide bonds. The Balaban J connectivity index is 2.38. The standard InChI is InChI=1S/C23H24N2O3/c1-4-9-18-13-17(15-21(27-3)22(18)28-12-5-2)14-19(16-24)23(26)25-20-10-7-6-8-11-20/h4,6-8,10-11,13-15H,1,5,9,12H2,2-3H3,(H,25,26)/b19-14+. The first-order valence-corrected chi connectivity index (χ1v) is 9.05. The van der Waals surface area contributed by atoms with E-state index in [9.17, 15) is 10.1 Å². The van der Waals surface area contributed by atoms with Crippen LogP contribution in [-0.2, 0) is 11.2 Å². The monoisotopic (exact) mass is 376 g/mol. The van der Waals surface area contributed by atoms with Gasteiger partial charge in [-0.05, 0) is 48.7 Å². The minimum absolute atomic E-state index is 0.00214. The molecule has 0 aliphatic rings. The van der Waals surface area contributed by atoms with E-state index in [2.05, 4.69) is 11.9 Å². The van der Waals surface area contributed by atoms with Crippen LogP contribution in [0.2, 0.25) is 0 Å². The van der Waals surface area contributed by atoms with E-state index in [0.717, 1.165) is 12.0 Å². The average Bonchev–Trinajstić information content (AvgIpc) is 2.71. The maximum absolute atomic E-state index is 12.4. The van der Waals surface area contributed by atoms with Crippen molar-refractivity contribution < 1.29 is 14.3 Å². The molecule has 0 heterocycles. The Hall–Kier alpha value is -3.52. The van der Waals surface area contributed by atoms with Gasteiger partial charge in [-0.1, -0.05) is 31.2 Å². The number of hydrogen-bond acceptors (Lipinski definition) is 4. The first-order chi connectivity index (χ1) is 13.6. The lowest BCUT2D eigenvalue weighted by Gasteiger charge is -2.15. The number of nitrogens with one attached hydrogen (secondary N) is 1. The third-order valence-electron chi connectivity index (χ3n) is 3.90. The highest BCUT2D eigenvalue weighted by atomic mass is 16.5. The number of para-hydroxylation sites is 1. The van der Waals surface area contributed by atoms with Crippen molar-refractivity contribution in [3.8, 4) is 17.6 Å². The number of methoxy groups -OCH3 is 1. The summed E-state index contributed by atoms with van der Waals surface area (Å²) in [6.45, 7) is 6.38. The Morgan fingerprint density at radius 3 is 2.64 bits per heavy atom. The van der Waals surface area contributed by atoms with Gasteiger partial charge in [0.15, 0.2) is 11.5 Å². The summed E-state index contributed by atoms with van der Waals surface area (Å²) in [5.74, 6) is 0.748. The van der Waals surface area contributed by atoms with Crippen LogP contribution in [0.15, 0.2) is 60.7 Å². The van der Waals surface area contributed by atoms with E-state index in [1.165, 1.54) is 6.08 Å². The van der Waals surface area contributed by atoms with Crippen LogP contribution in [0.25, 0.3) is 6.08 Å². The Morgan fingerprint density at radius 1 is 1.29 bits per heavy atom. The minimum Gasteiger partial charge on any atom is -0.493 e. The van der Waals surface area contributed by atoms with Gasteiger partial charge in [0, 0.05) is 11.3 Å². The molecule has 0 aromatic heterocycles. The van der Waals surface area contributed by atoms with Gasteiger partial charge in [-0.2, -0.15) is 5.26 Å². The minimum atomic E-state index is -0.468. The van der Waals surface area contributed by atoms with Crippen LogP contribution in [0, 0.1) is 11.3 Å². The Labute approximate surface area is 165 Å². The Bertz CT molecular complexity index is 896. The van der Waals surface area contributed by atoms with Gasteiger partial charge >= 0.3 is 0 Å². The topological polar surface area (TPSA) is 71.4 Å². The van der Waals surface area contributed by atoms with E-state index in [-0.39, 0.29) is 5.57 Å². The van der Waals surface area contributed by atoms with Gasteiger partial charge in [0.05, 0.1) is 13.7 Å². The molecule has 0 saturated carbocycles. The molecule has 0 atom stereocenters. The lowest BCUT2D eigenvalue weighted by atomic mass is 10.0. The van der Waals surface area contributed by atoms with Crippen molar-refractivity contribution in [1.29, 1.82) is 5.26 Å². The number of carbonyl (C=O) groups is 1. The quantitative estimate of drug-likeness (QED) is 0.389. The van der Waals surface area contributed by atoms with Crippen LogP contribution in [0.5, 0.6) is 11.5 Å². The number of allylic oxidation sites excluding steroid dienone is 1. The van der Waals surface area contributed by atoms with Crippen molar-refractivity contribution in [3.63, 3.8) is 0 Å². The lowest BCUT2D eigenvalue weighted by Crippen LogP contribution is -2.13. The number of amides is 1. The highest BCUT2D eigenvalue weighted by Crippen LogP contribution is 2.34. The van der Waals surface area contributed by atoms with Gasteiger partial charge in [-0.3, -0.25) is 4.79 Å². The summed E-state index contributed by atoms with van der Waals surface area (Å²) in [5.41, 5.74) is 2.19. The van der Waals surface area contributed by atoms with Gasteiger partial charge in [-0.25, -0.2) is 0 Å². The SMILES string of the molecule is C=CCc1cc(/C=C(\C#N)C(=O)Nc2ccccc2)cc(OC)c1OCCC. The third kappa shape index (κ3) is 5.49. The number of anilines is 1. The van der Waals surface area contributed by atoms with Crippen molar-refractivity contribution in [1.82, 2.24) is 0 Å². The summed E-state index contributed by atoms with van der Waals surface area (Å²) in [7, 11) is 1.56. The number of nitrogens with zero attached hydrogens (tertiary/aromatic N) is 1. The van der Waals surface area contributed by atoms with Gasteiger partial charge in [0.1, 0.15) is 11.6 Å². The zero-order valence-electron chi connectivity index (χ0n) is 16.2. The molecule has 0 unspecified atom stereocenters. The largest absolute Gasteiger partial charge is 0.493 e. The molecule has 0 aliphatic carbocycles. The molecule has 0 spiro atoms. The van der Waals surface area contributed by atoms with Crippen molar-refractivity contribution in [2.24, 2.45) is 0 Å². The van der Waals surface area contributed by atoms with Gasteiger partial charge in [-0.15, -0.1) is 6.58 Å². The predicted molar refractivity (Wildman–Crippen MR) is 111 cm³/mol. The van der Waals surface area contributed by atoms with Crippen LogP contribution in [0.4, 0.5) is 5.69 Å². The Kier molecular flexibility index (Phi) is 7.86. The van der Waals surface area contributed by atoms with E-state index in [4.69, 9.17) is 9.47 Å². The second-order valence-corrected chi connectivity index (χ2v) is 6.04.